The maximum atomic E-state index is 14.4. The van der Waals surface area contributed by atoms with Crippen molar-refractivity contribution < 1.29 is 139 Å². The molecule has 0 aromatic heterocycles. The fraction of sp³-hybridized carbons (Fsp3) is 0.568. The fourth-order valence-corrected chi connectivity index (χ4v) is 13.1. The Morgan fingerprint density at radius 1 is 0.477 bits per heavy atom. The summed E-state index contributed by atoms with van der Waals surface area (Å²) in [5.74, 6) is -18.3. The summed E-state index contributed by atoms with van der Waals surface area (Å²) >= 11 is 0. The van der Waals surface area contributed by atoms with Gasteiger partial charge >= 0.3 is 31.7 Å². The third-order valence-corrected chi connectivity index (χ3v) is 20.1. The molecular formula is C81H122N21O29P. The third-order valence-electron chi connectivity index (χ3n) is 19.2. The van der Waals surface area contributed by atoms with Gasteiger partial charge in [-0.3, -0.25) is 106 Å². The molecule has 730 valence electrons. The number of carbonyl (C=O) groups excluding carboxylic acids is 17. The van der Waals surface area contributed by atoms with Crippen LogP contribution in [0.15, 0.2) is 72.4 Å². The molecule has 2 heterocycles. The maximum Gasteiger partial charge on any atom is 0.472 e. The van der Waals surface area contributed by atoms with Crippen molar-refractivity contribution in [2.45, 2.75) is 197 Å². The lowest BCUT2D eigenvalue weighted by molar-refractivity contribution is -0.160. The number of benzene rings is 2. The van der Waals surface area contributed by atoms with Gasteiger partial charge in [0.1, 0.15) is 60.6 Å². The number of aliphatic carboxylic acids is 2. The second kappa shape index (κ2) is 62.1. The van der Waals surface area contributed by atoms with Crippen LogP contribution in [-0.4, -0.2) is 293 Å². The summed E-state index contributed by atoms with van der Waals surface area (Å²) in [4.78, 5) is 262. The smallest absolute Gasteiger partial charge is 0.472 e. The molecule has 2 aromatic rings. The number of phosphoric ester groups is 1. The van der Waals surface area contributed by atoms with Crippen molar-refractivity contribution >= 4 is 132 Å². The van der Waals surface area contributed by atoms with E-state index in [1.165, 1.54) is 13.8 Å². The number of phosphoric acid groups is 1. The molecule has 51 heteroatoms. The average Bonchev–Trinajstić information content (AvgIpc) is 1.52. The predicted octanol–water partition coefficient (Wildman–Crippen LogP) is -6.11. The number of hydrogen-bond acceptors (Lipinski definition) is 28. The highest BCUT2D eigenvalue weighted by Crippen LogP contribution is 2.43. The van der Waals surface area contributed by atoms with E-state index >= 15 is 0 Å². The van der Waals surface area contributed by atoms with Gasteiger partial charge in [0, 0.05) is 90.6 Å². The number of esters is 2. The summed E-state index contributed by atoms with van der Waals surface area (Å²) in [5.41, 5.74) is 11.1. The molecule has 2 aliphatic heterocycles. The van der Waals surface area contributed by atoms with Crippen LogP contribution < -0.4 is 102 Å². The molecular weight excluding hydrogens is 1760 g/mol. The van der Waals surface area contributed by atoms with Crippen LogP contribution in [0, 0.1) is 10.8 Å². The molecule has 0 bridgehead atoms. The molecule has 10 atom stereocenters. The molecule has 50 nitrogen and oxygen atoms in total. The third kappa shape index (κ3) is 48.4. The number of guanidine groups is 2. The van der Waals surface area contributed by atoms with Gasteiger partial charge in [0.05, 0.1) is 65.2 Å². The van der Waals surface area contributed by atoms with Gasteiger partial charge in [0.25, 0.3) is 5.91 Å². The number of amides is 15. The van der Waals surface area contributed by atoms with E-state index in [0.717, 1.165) is 0 Å². The van der Waals surface area contributed by atoms with Gasteiger partial charge in [-0.1, -0.05) is 74.5 Å². The second-order valence-corrected chi connectivity index (χ2v) is 31.3. The lowest BCUT2D eigenvalue weighted by Crippen LogP contribution is -2.58. The lowest BCUT2D eigenvalue weighted by atomic mass is 10.0. The first-order valence-electron chi connectivity index (χ1n) is 42.8. The number of nitrogens with one attached hydrogen (secondary N) is 19. The van der Waals surface area contributed by atoms with Crippen LogP contribution in [0.4, 0.5) is 0 Å². The van der Waals surface area contributed by atoms with E-state index in [9.17, 15) is 111 Å². The SMILES string of the molecule is CCC(=O)OC[C@H](COP(=O)(O)OCCNC(=O)CCC(=O)NCCOCCOCCC(=O)N[C@@H](CCC(=O)NCCCC[C@@H]1NC(=O)[C@@H](Cc2ccccc2)NC(=O)/C(=C\C(=O)O)NC(=O)CNC(=O)[C@H](CCCNC(=N)N)NC1=O)C(=O)NCCCC[C@@H]1NC(=O)[C@@H](Cc2ccccc2)NC(=O)[C@H](CC(=O)O)NC(=O)CNC(=O)[C@H](CCCNC(=N)N)NC1=O)OC(=O)CC. The summed E-state index contributed by atoms with van der Waals surface area (Å²) in [6.07, 6.45) is -3.82. The lowest BCUT2D eigenvalue weighted by Gasteiger charge is -2.26. The van der Waals surface area contributed by atoms with Crippen molar-refractivity contribution in [2.75, 3.05) is 98.6 Å². The number of carboxylic acid groups (broad SMARTS) is 2. The Hall–Kier alpha value is -13.3. The second-order valence-electron chi connectivity index (χ2n) is 29.8. The number of carbonyl (C=O) groups is 19. The average molecular weight is 1880 g/mol. The Labute approximate surface area is 759 Å². The topological polar surface area (TPSA) is 762 Å². The van der Waals surface area contributed by atoms with Crippen LogP contribution in [0.2, 0.25) is 0 Å². The van der Waals surface area contributed by atoms with E-state index in [-0.39, 0.29) is 187 Å². The van der Waals surface area contributed by atoms with Crippen LogP contribution in [0.1, 0.15) is 141 Å². The van der Waals surface area contributed by atoms with Gasteiger partial charge in [-0.2, -0.15) is 0 Å². The van der Waals surface area contributed by atoms with Gasteiger partial charge in [-0.15, -0.1) is 0 Å². The zero-order valence-corrected chi connectivity index (χ0v) is 74.2. The van der Waals surface area contributed by atoms with Crippen molar-refractivity contribution in [3.63, 3.8) is 0 Å². The Kier molecular flexibility index (Phi) is 52.2. The largest absolute Gasteiger partial charge is 0.481 e. The molecule has 15 amide bonds. The van der Waals surface area contributed by atoms with Crippen molar-refractivity contribution in [1.29, 1.82) is 10.8 Å². The van der Waals surface area contributed by atoms with Crippen molar-refractivity contribution in [2.24, 2.45) is 11.5 Å². The Bertz CT molecular complexity index is 4320. The molecule has 132 heavy (non-hydrogen) atoms. The molecule has 1 unspecified atom stereocenters. The zero-order valence-electron chi connectivity index (χ0n) is 73.4. The first-order chi connectivity index (χ1) is 62.9. The summed E-state index contributed by atoms with van der Waals surface area (Å²) in [5, 5.41) is 77.1. The minimum absolute atomic E-state index is 0.00950. The number of carboxylic acids is 2. The summed E-state index contributed by atoms with van der Waals surface area (Å²) in [6, 6.07) is 4.61. The maximum absolute atomic E-state index is 14.4. The summed E-state index contributed by atoms with van der Waals surface area (Å²) in [7, 11) is -4.73. The molecule has 2 saturated heterocycles. The minimum atomic E-state index is -4.73. The van der Waals surface area contributed by atoms with E-state index in [0.29, 0.717) is 17.2 Å². The van der Waals surface area contributed by atoms with E-state index in [2.05, 4.69) is 90.4 Å². The van der Waals surface area contributed by atoms with Gasteiger partial charge in [-0.05, 0) is 81.8 Å². The molecule has 2 aromatic carbocycles. The van der Waals surface area contributed by atoms with E-state index in [1.807, 2.05) is 0 Å². The number of unbranched alkanes of at least 4 members (excludes halogenated alkanes) is 2. The Morgan fingerprint density at radius 2 is 0.924 bits per heavy atom. The van der Waals surface area contributed by atoms with Gasteiger partial charge < -0.3 is 136 Å². The van der Waals surface area contributed by atoms with Crippen LogP contribution in [0.25, 0.3) is 0 Å². The van der Waals surface area contributed by atoms with E-state index < -0.39 is 232 Å². The fourth-order valence-electron chi connectivity index (χ4n) is 12.3. The molecule has 0 saturated carbocycles. The molecule has 0 spiro atoms. The van der Waals surface area contributed by atoms with Crippen LogP contribution >= 0.6 is 7.82 Å². The number of hydrogen-bond donors (Lipinski definition) is 24. The van der Waals surface area contributed by atoms with Crippen LogP contribution in [-0.2, 0) is 136 Å². The van der Waals surface area contributed by atoms with Gasteiger partial charge in [0.15, 0.2) is 18.0 Å². The highest BCUT2D eigenvalue weighted by Gasteiger charge is 2.37. The van der Waals surface area contributed by atoms with Crippen LogP contribution in [0.3, 0.4) is 0 Å². The van der Waals surface area contributed by atoms with E-state index in [4.69, 9.17) is 50.3 Å². The minimum Gasteiger partial charge on any atom is -0.481 e. The molecule has 4 rings (SSSR count). The van der Waals surface area contributed by atoms with Crippen molar-refractivity contribution in [3.05, 3.63) is 83.6 Å². The summed E-state index contributed by atoms with van der Waals surface area (Å²) in [6.45, 7) is -0.815. The standard InChI is InChI=1S/C81H122N21O29P/c1-3-69(113)128-47-51(131-70(114)4-2)48-130-132(124,125)129-38-35-88-63(105)28-27-62(104)87-34-37-127-40-39-126-36-29-64(106)94-56(71(115)89-31-14-12-22-55-75(119)98-53(24-16-33-91-81(84)85)73(117)93-46-66(108)96-60(44-68(111)112)79(123)102-58(77(121)100-55)42-50-19-9-6-10-20-50)25-26-61(103)86-30-13-11-21-54-74(118)97-52(23-15-32-90-80(82)83)72(116)92-45-65(107)95-59(43-67(109)110)78(122)101-57(76(120)99-54)41-49-17-7-5-8-18-49/h5-10,17-20,43,51-58,60H,3-4,11-16,21-42,44-48H2,1-2H3,(H,86,103)(H,87,104)(H,88,105)(H,89,115)(H,92,116)(H,93,117)(H,94,106)(H,95,107)(H,96,108)(H,97,118)(H,98,119)(H,99,120)(H,100,121)(H,101,122)(H,102,123)(H,109,110)(H,111,112)(H,124,125)(H4,82,83,90)(H4,84,85,91)/b59-43+/t51-,52+,53+,54+,55+,56+,57-,58-,60+/m1/s1. The first kappa shape index (κ1) is 111. The zero-order chi connectivity index (χ0) is 97.3. The van der Waals surface area contributed by atoms with Crippen molar-refractivity contribution in [1.82, 2.24) is 90.4 Å². The van der Waals surface area contributed by atoms with E-state index in [1.54, 1.807) is 60.7 Å². The summed E-state index contributed by atoms with van der Waals surface area (Å²) < 4.78 is 43.2. The van der Waals surface area contributed by atoms with Gasteiger partial charge in [0.2, 0.25) is 82.7 Å². The van der Waals surface area contributed by atoms with Gasteiger partial charge in [-0.25, -0.2) is 9.36 Å². The predicted molar refractivity (Wildman–Crippen MR) is 464 cm³/mol. The number of nitrogens with two attached hydrogens (primary N) is 2. The Morgan fingerprint density at radius 3 is 1.44 bits per heavy atom. The van der Waals surface area contributed by atoms with Crippen LogP contribution in [0.5, 0.6) is 0 Å². The molecule has 26 N–H and O–H groups in total. The molecule has 2 aliphatic rings. The highest BCUT2D eigenvalue weighted by molar-refractivity contribution is 7.47. The number of ether oxygens (including phenoxy) is 4. The molecule has 2 fully saturated rings. The number of rotatable bonds is 54. The normalized spacial score (nSPS) is 19.0. The molecule has 0 radical (unpaired) electrons. The Balaban J connectivity index is 1.47. The highest BCUT2D eigenvalue weighted by atomic mass is 31.2. The quantitative estimate of drug-likeness (QED) is 0.00732. The first-order valence-corrected chi connectivity index (χ1v) is 44.3. The monoisotopic (exact) mass is 1880 g/mol. The molecule has 0 aliphatic carbocycles. The van der Waals surface area contributed by atoms with Crippen molar-refractivity contribution in [3.8, 4) is 0 Å².